The summed E-state index contributed by atoms with van der Waals surface area (Å²) in [5, 5.41) is 2.92. The number of aromatic amines is 1. The number of H-pyrrole nitrogens is 1. The first-order valence-corrected chi connectivity index (χ1v) is 11.8. The molecule has 0 aliphatic heterocycles. The predicted octanol–water partition coefficient (Wildman–Crippen LogP) is 2.53. The minimum absolute atomic E-state index is 0.0145. The quantitative estimate of drug-likeness (QED) is 0.321. The number of nitrogens with zero attached hydrogens (tertiary/aromatic N) is 2. The molecule has 8 heteroatoms. The maximum absolute atomic E-state index is 13.0. The summed E-state index contributed by atoms with van der Waals surface area (Å²) < 4.78 is 1.32. The second-order valence-corrected chi connectivity index (χ2v) is 8.49. The van der Waals surface area contributed by atoms with Crippen LogP contribution in [0.2, 0.25) is 0 Å². The molecule has 1 heterocycles. The van der Waals surface area contributed by atoms with Gasteiger partial charge in [0.05, 0.1) is 13.1 Å². The van der Waals surface area contributed by atoms with E-state index in [-0.39, 0.29) is 37.0 Å². The van der Waals surface area contributed by atoms with Gasteiger partial charge in [-0.3, -0.25) is 19.1 Å². The SMILES string of the molecule is Nc1c(N(CC(=O)NCCc2ccccc2)Cc2ccccc2)c(=O)[nH]c(=O)n1Cc1ccccc1. The van der Waals surface area contributed by atoms with Crippen LogP contribution in [-0.2, 0) is 24.3 Å². The minimum atomic E-state index is -0.630. The highest BCUT2D eigenvalue weighted by Gasteiger charge is 2.21. The van der Waals surface area contributed by atoms with E-state index >= 15 is 0 Å². The van der Waals surface area contributed by atoms with Gasteiger partial charge in [-0.2, -0.15) is 0 Å². The van der Waals surface area contributed by atoms with Crippen molar-refractivity contribution in [2.45, 2.75) is 19.5 Å². The Labute approximate surface area is 209 Å². The van der Waals surface area contributed by atoms with Crippen molar-refractivity contribution in [2.24, 2.45) is 0 Å². The summed E-state index contributed by atoms with van der Waals surface area (Å²) in [7, 11) is 0. The highest BCUT2D eigenvalue weighted by molar-refractivity contribution is 5.82. The van der Waals surface area contributed by atoms with Gasteiger partial charge in [-0.15, -0.1) is 0 Å². The summed E-state index contributed by atoms with van der Waals surface area (Å²) >= 11 is 0. The fourth-order valence-corrected chi connectivity index (χ4v) is 4.04. The van der Waals surface area contributed by atoms with E-state index in [1.165, 1.54) is 4.57 Å². The fourth-order valence-electron chi connectivity index (χ4n) is 4.04. The Hall–Kier alpha value is -4.59. The average Bonchev–Trinajstić information content (AvgIpc) is 2.88. The third-order valence-electron chi connectivity index (χ3n) is 5.84. The number of rotatable bonds is 10. The molecule has 0 aliphatic carbocycles. The van der Waals surface area contributed by atoms with Crippen molar-refractivity contribution in [3.05, 3.63) is 129 Å². The lowest BCUT2D eigenvalue weighted by Gasteiger charge is -2.26. The van der Waals surface area contributed by atoms with Crippen LogP contribution >= 0.6 is 0 Å². The summed E-state index contributed by atoms with van der Waals surface area (Å²) in [6.45, 7) is 0.823. The molecule has 4 N–H and O–H groups in total. The third kappa shape index (κ3) is 6.29. The molecule has 1 aromatic heterocycles. The third-order valence-corrected chi connectivity index (χ3v) is 5.84. The zero-order valence-corrected chi connectivity index (χ0v) is 19.9. The molecule has 4 aromatic rings. The van der Waals surface area contributed by atoms with Crippen LogP contribution in [-0.4, -0.2) is 28.5 Å². The number of anilines is 2. The first-order chi connectivity index (χ1) is 17.5. The number of amides is 1. The number of hydrogen-bond donors (Lipinski definition) is 3. The lowest BCUT2D eigenvalue weighted by Crippen LogP contribution is -2.43. The van der Waals surface area contributed by atoms with E-state index in [9.17, 15) is 14.4 Å². The number of benzene rings is 3. The fraction of sp³-hybridized carbons (Fsp3) is 0.179. The van der Waals surface area contributed by atoms with Crippen molar-refractivity contribution < 1.29 is 4.79 Å². The van der Waals surface area contributed by atoms with Gasteiger partial charge >= 0.3 is 5.69 Å². The highest BCUT2D eigenvalue weighted by Crippen LogP contribution is 2.20. The normalized spacial score (nSPS) is 10.7. The smallest absolute Gasteiger partial charge is 0.330 e. The number of nitrogens with two attached hydrogens (primary N) is 1. The van der Waals surface area contributed by atoms with Crippen molar-refractivity contribution in [1.82, 2.24) is 14.9 Å². The molecule has 0 aliphatic rings. The Balaban J connectivity index is 1.60. The second-order valence-electron chi connectivity index (χ2n) is 8.49. The van der Waals surface area contributed by atoms with Gasteiger partial charge in [0, 0.05) is 13.1 Å². The van der Waals surface area contributed by atoms with Crippen LogP contribution in [0.1, 0.15) is 16.7 Å². The molecule has 0 fully saturated rings. The molecule has 1 amide bonds. The standard InChI is InChI=1S/C28H29N5O3/c29-26-25(27(35)31-28(36)33(26)19-23-14-8-3-9-15-23)32(18-22-12-6-2-7-13-22)20-24(34)30-17-16-21-10-4-1-5-11-21/h1-15H,16-20,29H2,(H,30,34)(H,31,35,36). The molecule has 0 spiro atoms. The Morgan fingerprint density at radius 2 is 1.39 bits per heavy atom. The molecule has 0 saturated heterocycles. The van der Waals surface area contributed by atoms with E-state index < -0.39 is 11.2 Å². The number of carbonyl (C=O) groups is 1. The summed E-state index contributed by atoms with van der Waals surface area (Å²) in [5.41, 5.74) is 8.14. The van der Waals surface area contributed by atoms with E-state index in [0.29, 0.717) is 13.0 Å². The molecule has 184 valence electrons. The topological polar surface area (TPSA) is 113 Å². The Morgan fingerprint density at radius 1 is 0.833 bits per heavy atom. The van der Waals surface area contributed by atoms with Crippen molar-refractivity contribution in [3.63, 3.8) is 0 Å². The monoisotopic (exact) mass is 483 g/mol. The van der Waals surface area contributed by atoms with Gasteiger partial charge in [0.2, 0.25) is 5.91 Å². The first-order valence-electron chi connectivity index (χ1n) is 11.8. The number of aromatic nitrogens is 2. The molecule has 4 rings (SSSR count). The molecule has 0 radical (unpaired) electrons. The van der Waals surface area contributed by atoms with Gasteiger partial charge in [0.15, 0.2) is 0 Å². The van der Waals surface area contributed by atoms with E-state index in [2.05, 4.69) is 10.3 Å². The van der Waals surface area contributed by atoms with E-state index in [1.807, 2.05) is 91.0 Å². The lowest BCUT2D eigenvalue weighted by atomic mass is 10.1. The Bertz CT molecular complexity index is 1400. The van der Waals surface area contributed by atoms with Crippen LogP contribution in [0.5, 0.6) is 0 Å². The van der Waals surface area contributed by atoms with Crippen molar-refractivity contribution in [3.8, 4) is 0 Å². The van der Waals surface area contributed by atoms with Gasteiger partial charge in [0.1, 0.15) is 11.5 Å². The van der Waals surface area contributed by atoms with Crippen molar-refractivity contribution >= 4 is 17.4 Å². The molecule has 0 unspecified atom stereocenters. The molecular weight excluding hydrogens is 454 g/mol. The van der Waals surface area contributed by atoms with Crippen LogP contribution in [0.3, 0.4) is 0 Å². The van der Waals surface area contributed by atoms with E-state index in [0.717, 1.165) is 16.7 Å². The molecule has 36 heavy (non-hydrogen) atoms. The number of carbonyl (C=O) groups excluding carboxylic acids is 1. The molecular formula is C28H29N5O3. The van der Waals surface area contributed by atoms with E-state index in [4.69, 9.17) is 5.73 Å². The maximum atomic E-state index is 13.0. The minimum Gasteiger partial charge on any atom is -0.383 e. The van der Waals surface area contributed by atoms with Crippen molar-refractivity contribution in [1.29, 1.82) is 0 Å². The van der Waals surface area contributed by atoms with E-state index in [1.54, 1.807) is 4.90 Å². The number of nitrogen functional groups attached to an aromatic ring is 1. The molecule has 0 atom stereocenters. The Morgan fingerprint density at radius 3 is 2.00 bits per heavy atom. The van der Waals surface area contributed by atoms with Gasteiger partial charge in [-0.05, 0) is 23.1 Å². The largest absolute Gasteiger partial charge is 0.383 e. The molecule has 0 saturated carbocycles. The lowest BCUT2D eigenvalue weighted by molar-refractivity contribution is -0.119. The second kappa shape index (κ2) is 11.7. The van der Waals surface area contributed by atoms with Crippen LogP contribution in [0, 0.1) is 0 Å². The van der Waals surface area contributed by atoms with Crippen molar-refractivity contribution in [2.75, 3.05) is 23.7 Å². The average molecular weight is 484 g/mol. The Kier molecular flexibility index (Phi) is 7.97. The maximum Gasteiger partial charge on any atom is 0.330 e. The predicted molar refractivity (Wildman–Crippen MR) is 142 cm³/mol. The van der Waals surface area contributed by atoms with Crippen LogP contribution in [0.25, 0.3) is 0 Å². The molecule has 0 bridgehead atoms. The van der Waals surface area contributed by atoms with Crippen LogP contribution in [0.4, 0.5) is 11.5 Å². The molecule has 8 nitrogen and oxygen atoms in total. The van der Waals surface area contributed by atoms with Gasteiger partial charge in [0.25, 0.3) is 5.56 Å². The number of hydrogen-bond acceptors (Lipinski definition) is 5. The molecule has 3 aromatic carbocycles. The van der Waals surface area contributed by atoms with Gasteiger partial charge in [-0.1, -0.05) is 91.0 Å². The summed E-state index contributed by atoms with van der Waals surface area (Å²) in [5.74, 6) is -0.234. The zero-order valence-electron chi connectivity index (χ0n) is 19.9. The summed E-state index contributed by atoms with van der Waals surface area (Å²) in [6.07, 6.45) is 0.690. The van der Waals surface area contributed by atoms with Crippen LogP contribution in [0.15, 0.2) is 101 Å². The summed E-state index contributed by atoms with van der Waals surface area (Å²) in [6, 6.07) is 28.7. The first kappa shape index (κ1) is 24.5. The summed E-state index contributed by atoms with van der Waals surface area (Å²) in [4.78, 5) is 42.5. The number of nitrogens with one attached hydrogen (secondary N) is 2. The van der Waals surface area contributed by atoms with Crippen LogP contribution < -0.4 is 27.2 Å². The van der Waals surface area contributed by atoms with Gasteiger partial charge in [-0.25, -0.2) is 4.79 Å². The zero-order chi connectivity index (χ0) is 25.3. The van der Waals surface area contributed by atoms with Gasteiger partial charge < -0.3 is 16.0 Å². The highest BCUT2D eigenvalue weighted by atomic mass is 16.2.